The summed E-state index contributed by atoms with van der Waals surface area (Å²) in [7, 11) is 1.72. The van der Waals surface area contributed by atoms with Crippen LogP contribution >= 0.6 is 11.8 Å². The third-order valence-electron chi connectivity index (χ3n) is 3.66. The number of fused-ring (bicyclic) bond motifs is 2. The van der Waals surface area contributed by atoms with E-state index in [-0.39, 0.29) is 5.41 Å². The average molecular weight is 221 g/mol. The Hall–Kier alpha value is -0.670. The molecule has 3 heteroatoms. The molecule has 1 aliphatic carbocycles. The lowest BCUT2D eigenvalue weighted by Crippen LogP contribution is -2.22. The monoisotopic (exact) mass is 221 g/mol. The Morgan fingerprint density at radius 1 is 1.53 bits per heavy atom. The summed E-state index contributed by atoms with van der Waals surface area (Å²) < 4.78 is 5.29. The van der Waals surface area contributed by atoms with Crippen LogP contribution in [0.2, 0.25) is 0 Å². The summed E-state index contributed by atoms with van der Waals surface area (Å²) in [5.41, 5.74) is 7.80. The third-order valence-corrected chi connectivity index (χ3v) is 4.74. The number of methoxy groups -OCH3 is 1. The molecule has 3 rings (SSSR count). The molecule has 1 aromatic rings. The fourth-order valence-corrected chi connectivity index (χ4v) is 3.83. The lowest BCUT2D eigenvalue weighted by atomic mass is 9.91. The van der Waals surface area contributed by atoms with Crippen molar-refractivity contribution in [3.8, 4) is 5.75 Å². The summed E-state index contributed by atoms with van der Waals surface area (Å²) in [6.07, 6.45) is 2.37. The molecule has 1 aromatic carbocycles. The van der Waals surface area contributed by atoms with Crippen LogP contribution in [0.5, 0.6) is 5.75 Å². The van der Waals surface area contributed by atoms with Gasteiger partial charge >= 0.3 is 0 Å². The maximum atomic E-state index is 6.09. The van der Waals surface area contributed by atoms with Crippen LogP contribution in [-0.2, 0) is 5.41 Å². The Labute approximate surface area is 94.2 Å². The van der Waals surface area contributed by atoms with Crippen LogP contribution in [0.3, 0.4) is 0 Å². The first kappa shape index (κ1) is 9.55. The molecule has 2 aliphatic rings. The first-order valence-electron chi connectivity index (χ1n) is 5.33. The highest BCUT2D eigenvalue weighted by molar-refractivity contribution is 7.99. The number of hydrogen-bond acceptors (Lipinski definition) is 3. The Bertz CT molecular complexity index is 407. The largest absolute Gasteiger partial charge is 0.497 e. The molecule has 1 fully saturated rings. The molecule has 2 atom stereocenters. The number of thioether (sulfide) groups is 1. The molecule has 2 nitrogen and oxygen atoms in total. The fourth-order valence-electron chi connectivity index (χ4n) is 2.56. The molecule has 0 saturated heterocycles. The molecule has 0 amide bonds. The second-order valence-corrected chi connectivity index (χ2v) is 5.56. The van der Waals surface area contributed by atoms with Crippen molar-refractivity contribution in [1.82, 2.24) is 0 Å². The summed E-state index contributed by atoms with van der Waals surface area (Å²) in [6, 6.07) is 6.75. The van der Waals surface area contributed by atoms with E-state index in [4.69, 9.17) is 10.5 Å². The van der Waals surface area contributed by atoms with Crippen LogP contribution in [-0.4, -0.2) is 18.9 Å². The van der Waals surface area contributed by atoms with E-state index in [0.29, 0.717) is 6.04 Å². The number of hydrogen-bond donors (Lipinski definition) is 1. The van der Waals surface area contributed by atoms with Crippen LogP contribution in [0.4, 0.5) is 0 Å². The van der Waals surface area contributed by atoms with E-state index >= 15 is 0 Å². The van der Waals surface area contributed by atoms with E-state index in [0.717, 1.165) is 12.2 Å². The molecule has 15 heavy (non-hydrogen) atoms. The van der Waals surface area contributed by atoms with Crippen molar-refractivity contribution >= 4 is 11.8 Å². The van der Waals surface area contributed by atoms with Gasteiger partial charge in [-0.15, -0.1) is 11.8 Å². The van der Waals surface area contributed by atoms with Crippen LogP contribution in [0, 0.1) is 0 Å². The van der Waals surface area contributed by atoms with Crippen molar-refractivity contribution in [2.24, 2.45) is 5.73 Å². The first-order valence-corrected chi connectivity index (χ1v) is 6.32. The second kappa shape index (κ2) is 3.16. The SMILES string of the molecule is COc1ccc2c(c1)C1(CCS2)CC1N. The molecule has 1 spiro atoms. The van der Waals surface area contributed by atoms with Crippen molar-refractivity contribution in [3.05, 3.63) is 23.8 Å². The summed E-state index contributed by atoms with van der Waals surface area (Å²) in [6.45, 7) is 0. The van der Waals surface area contributed by atoms with Gasteiger partial charge in [0.15, 0.2) is 0 Å². The average Bonchev–Trinajstić information content (AvgIpc) is 2.90. The molecule has 2 unspecified atom stereocenters. The highest BCUT2D eigenvalue weighted by Crippen LogP contribution is 2.56. The molecule has 0 bridgehead atoms. The van der Waals surface area contributed by atoms with E-state index in [1.54, 1.807) is 7.11 Å². The molecule has 2 N–H and O–H groups in total. The van der Waals surface area contributed by atoms with E-state index in [1.807, 2.05) is 17.8 Å². The third kappa shape index (κ3) is 1.30. The van der Waals surface area contributed by atoms with Crippen LogP contribution in [0.25, 0.3) is 0 Å². The number of ether oxygens (including phenoxy) is 1. The van der Waals surface area contributed by atoms with Crippen molar-refractivity contribution in [2.45, 2.75) is 29.2 Å². The van der Waals surface area contributed by atoms with Gasteiger partial charge in [0.2, 0.25) is 0 Å². The highest BCUT2D eigenvalue weighted by atomic mass is 32.2. The number of rotatable bonds is 1. The normalized spacial score (nSPS) is 32.5. The zero-order valence-corrected chi connectivity index (χ0v) is 9.64. The quantitative estimate of drug-likeness (QED) is 0.789. The molecule has 1 aliphatic heterocycles. The minimum atomic E-state index is 0.287. The summed E-state index contributed by atoms with van der Waals surface area (Å²) in [4.78, 5) is 1.40. The second-order valence-electron chi connectivity index (χ2n) is 4.43. The van der Waals surface area contributed by atoms with E-state index in [9.17, 15) is 0 Å². The zero-order valence-electron chi connectivity index (χ0n) is 8.82. The topological polar surface area (TPSA) is 35.2 Å². The van der Waals surface area contributed by atoms with Gasteiger partial charge in [0.05, 0.1) is 7.11 Å². The lowest BCUT2D eigenvalue weighted by molar-refractivity contribution is 0.412. The summed E-state index contributed by atoms with van der Waals surface area (Å²) in [5.74, 6) is 2.15. The Morgan fingerprint density at radius 2 is 2.33 bits per heavy atom. The van der Waals surface area contributed by atoms with Crippen molar-refractivity contribution in [2.75, 3.05) is 12.9 Å². The Kier molecular flexibility index (Phi) is 2.01. The number of benzene rings is 1. The smallest absolute Gasteiger partial charge is 0.119 e. The molecule has 1 saturated carbocycles. The molecule has 1 heterocycles. The maximum absolute atomic E-state index is 6.09. The fraction of sp³-hybridized carbons (Fsp3) is 0.500. The van der Waals surface area contributed by atoms with Gasteiger partial charge in [-0.3, -0.25) is 0 Å². The van der Waals surface area contributed by atoms with Gasteiger partial charge in [-0.05, 0) is 42.4 Å². The number of nitrogens with two attached hydrogens (primary N) is 1. The van der Waals surface area contributed by atoms with Gasteiger partial charge in [0.25, 0.3) is 0 Å². The summed E-state index contributed by atoms with van der Waals surface area (Å²) >= 11 is 1.94. The minimum Gasteiger partial charge on any atom is -0.497 e. The predicted octanol–water partition coefficient (Wildman–Crippen LogP) is 2.16. The van der Waals surface area contributed by atoms with Crippen molar-refractivity contribution < 1.29 is 4.74 Å². The molecular formula is C12H15NOS. The molecule has 80 valence electrons. The summed E-state index contributed by atoms with van der Waals surface area (Å²) in [5, 5.41) is 0. The first-order chi connectivity index (χ1) is 7.26. The van der Waals surface area contributed by atoms with E-state index in [1.165, 1.54) is 22.6 Å². The lowest BCUT2D eigenvalue weighted by Gasteiger charge is -2.25. The molecule has 0 radical (unpaired) electrons. The van der Waals surface area contributed by atoms with E-state index in [2.05, 4.69) is 12.1 Å². The minimum absolute atomic E-state index is 0.287. The van der Waals surface area contributed by atoms with Crippen LogP contribution < -0.4 is 10.5 Å². The highest BCUT2D eigenvalue weighted by Gasteiger charge is 2.55. The van der Waals surface area contributed by atoms with Gasteiger partial charge in [0, 0.05) is 16.4 Å². The van der Waals surface area contributed by atoms with E-state index < -0.39 is 0 Å². The molecular weight excluding hydrogens is 206 g/mol. The predicted molar refractivity (Wildman–Crippen MR) is 62.6 cm³/mol. The van der Waals surface area contributed by atoms with Crippen molar-refractivity contribution in [3.63, 3.8) is 0 Å². The van der Waals surface area contributed by atoms with Crippen LogP contribution in [0.15, 0.2) is 23.1 Å². The Morgan fingerprint density at radius 3 is 3.00 bits per heavy atom. The zero-order chi connectivity index (χ0) is 10.5. The van der Waals surface area contributed by atoms with Crippen molar-refractivity contribution in [1.29, 1.82) is 0 Å². The van der Waals surface area contributed by atoms with Gasteiger partial charge in [0.1, 0.15) is 5.75 Å². The van der Waals surface area contributed by atoms with Gasteiger partial charge in [-0.1, -0.05) is 0 Å². The molecule has 0 aromatic heterocycles. The standard InChI is InChI=1S/C12H15NOS/c1-14-8-2-3-10-9(6-8)12(4-5-15-10)7-11(12)13/h2-3,6,11H,4-5,7,13H2,1H3. The Balaban J connectivity index is 2.09. The van der Waals surface area contributed by atoms with Gasteiger partial charge < -0.3 is 10.5 Å². The van der Waals surface area contributed by atoms with Gasteiger partial charge in [-0.2, -0.15) is 0 Å². The maximum Gasteiger partial charge on any atom is 0.119 e. The van der Waals surface area contributed by atoms with Crippen LogP contribution in [0.1, 0.15) is 18.4 Å². The van der Waals surface area contributed by atoms with Gasteiger partial charge in [-0.25, -0.2) is 0 Å².